The summed E-state index contributed by atoms with van der Waals surface area (Å²) in [6.45, 7) is 2.66. The van der Waals surface area contributed by atoms with Crippen LogP contribution in [-0.4, -0.2) is 40.3 Å². The number of phenols is 1. The van der Waals surface area contributed by atoms with Gasteiger partial charge in [0.05, 0.1) is 17.9 Å². The zero-order valence-corrected chi connectivity index (χ0v) is 17.0. The second-order valence-electron chi connectivity index (χ2n) is 7.35. The van der Waals surface area contributed by atoms with Gasteiger partial charge in [-0.1, -0.05) is 12.1 Å². The predicted molar refractivity (Wildman–Crippen MR) is 114 cm³/mol. The van der Waals surface area contributed by atoms with Crippen molar-refractivity contribution in [3.05, 3.63) is 82.6 Å². The molecule has 9 heteroatoms. The normalized spacial score (nSPS) is 19.2. The lowest BCUT2D eigenvalue weighted by molar-refractivity contribution is -0.0457. The van der Waals surface area contributed by atoms with Crippen LogP contribution in [-0.2, 0) is 4.74 Å². The molecule has 2 atom stereocenters. The van der Waals surface area contributed by atoms with Crippen molar-refractivity contribution in [2.45, 2.75) is 19.1 Å². The second kappa shape index (κ2) is 8.97. The number of hydrogen-bond donors (Lipinski definition) is 5. The number of hydrogen-bond acceptors (Lipinski definition) is 7. The molecule has 0 aromatic heterocycles. The number of ether oxygens (including phenoxy) is 1. The monoisotopic (exact) mass is 428 g/mol. The Hall–Kier alpha value is -3.72. The standard InChI is InChI=1S/C22H25FN4O4/c1-12-11-31-20(13-2-4-14(5-3-13)22(29)30)10-27(12)18(21(25)26)9-17(24)16-8-15(23)6-7-19(16)28/h2-9,12,20,28H,10-11,24-26H2,1H3,(H,29,30)/b17-9-. The topological polar surface area (TPSA) is 148 Å². The fourth-order valence-corrected chi connectivity index (χ4v) is 3.43. The van der Waals surface area contributed by atoms with Crippen LogP contribution in [0.15, 0.2) is 60.1 Å². The highest BCUT2D eigenvalue weighted by molar-refractivity contribution is 5.87. The molecule has 0 saturated carbocycles. The molecule has 3 rings (SSSR count). The molecule has 0 spiro atoms. The minimum absolute atomic E-state index is 0.00701. The number of nitrogens with zero attached hydrogens (tertiary/aromatic N) is 1. The Morgan fingerprint density at radius 1 is 1.19 bits per heavy atom. The van der Waals surface area contributed by atoms with Crippen LogP contribution in [0.3, 0.4) is 0 Å². The summed E-state index contributed by atoms with van der Waals surface area (Å²) in [5.41, 5.74) is 19.6. The average molecular weight is 428 g/mol. The molecule has 31 heavy (non-hydrogen) atoms. The number of aromatic hydroxyl groups is 1. The van der Waals surface area contributed by atoms with Gasteiger partial charge >= 0.3 is 5.97 Å². The van der Waals surface area contributed by atoms with E-state index in [0.29, 0.717) is 18.8 Å². The fraction of sp³-hybridized carbons (Fsp3) is 0.227. The number of carbonyl (C=O) groups is 1. The lowest BCUT2D eigenvalue weighted by Gasteiger charge is -2.40. The van der Waals surface area contributed by atoms with E-state index in [0.717, 1.165) is 17.7 Å². The van der Waals surface area contributed by atoms with Gasteiger partial charge in [0.2, 0.25) is 0 Å². The van der Waals surface area contributed by atoms with E-state index < -0.39 is 11.8 Å². The van der Waals surface area contributed by atoms with Gasteiger partial charge in [-0.05, 0) is 48.9 Å². The lowest BCUT2D eigenvalue weighted by atomic mass is 10.0. The van der Waals surface area contributed by atoms with Crippen LogP contribution < -0.4 is 17.2 Å². The number of nitrogens with two attached hydrogens (primary N) is 3. The highest BCUT2D eigenvalue weighted by atomic mass is 19.1. The zero-order valence-electron chi connectivity index (χ0n) is 17.0. The zero-order chi connectivity index (χ0) is 22.7. The number of morpholine rings is 1. The molecule has 2 unspecified atom stereocenters. The number of aromatic carboxylic acids is 1. The Morgan fingerprint density at radius 3 is 2.48 bits per heavy atom. The summed E-state index contributed by atoms with van der Waals surface area (Å²) in [4.78, 5) is 13.0. The molecule has 0 bridgehead atoms. The maximum atomic E-state index is 13.6. The number of rotatable bonds is 5. The smallest absolute Gasteiger partial charge is 0.335 e. The van der Waals surface area contributed by atoms with E-state index in [9.17, 15) is 14.3 Å². The van der Waals surface area contributed by atoms with E-state index in [4.69, 9.17) is 27.0 Å². The SMILES string of the molecule is CC1COC(c2ccc(C(=O)O)cc2)CN1C(/C=C(\N)c1cc(F)ccc1O)=C(N)N. The molecule has 164 valence electrons. The third-order valence-corrected chi connectivity index (χ3v) is 5.13. The lowest BCUT2D eigenvalue weighted by Crippen LogP contribution is -2.45. The molecule has 8 nitrogen and oxygen atoms in total. The van der Waals surface area contributed by atoms with E-state index >= 15 is 0 Å². The molecular formula is C22H25FN4O4. The Labute approximate surface area is 179 Å². The van der Waals surface area contributed by atoms with Crippen molar-refractivity contribution in [3.8, 4) is 5.75 Å². The molecule has 0 aliphatic carbocycles. The third-order valence-electron chi connectivity index (χ3n) is 5.13. The maximum Gasteiger partial charge on any atom is 0.335 e. The quantitative estimate of drug-likeness (QED) is 0.455. The van der Waals surface area contributed by atoms with Crippen molar-refractivity contribution in [1.82, 2.24) is 4.90 Å². The molecule has 1 aliphatic heterocycles. The van der Waals surface area contributed by atoms with Gasteiger partial charge in [-0.3, -0.25) is 0 Å². The van der Waals surface area contributed by atoms with Gasteiger partial charge in [0, 0.05) is 23.8 Å². The number of halogens is 1. The molecule has 0 amide bonds. The summed E-state index contributed by atoms with van der Waals surface area (Å²) >= 11 is 0. The first-order valence-electron chi connectivity index (χ1n) is 9.60. The molecule has 0 radical (unpaired) electrons. The Balaban J connectivity index is 1.90. The van der Waals surface area contributed by atoms with E-state index in [1.165, 1.54) is 24.3 Å². The van der Waals surface area contributed by atoms with Crippen molar-refractivity contribution in [2.24, 2.45) is 17.2 Å². The molecule has 1 heterocycles. The summed E-state index contributed by atoms with van der Waals surface area (Å²) < 4.78 is 19.5. The molecule has 1 saturated heterocycles. The van der Waals surface area contributed by atoms with Crippen LogP contribution in [0.2, 0.25) is 0 Å². The predicted octanol–water partition coefficient (Wildman–Crippen LogP) is 2.08. The first kappa shape index (κ1) is 22.0. The first-order valence-corrected chi connectivity index (χ1v) is 9.60. The van der Waals surface area contributed by atoms with E-state index in [1.54, 1.807) is 12.1 Å². The second-order valence-corrected chi connectivity index (χ2v) is 7.35. The molecular weight excluding hydrogens is 403 g/mol. The van der Waals surface area contributed by atoms with Crippen molar-refractivity contribution in [3.63, 3.8) is 0 Å². The van der Waals surface area contributed by atoms with Gasteiger partial charge in [-0.25, -0.2) is 9.18 Å². The molecule has 1 aliphatic rings. The van der Waals surface area contributed by atoms with Gasteiger partial charge in [-0.15, -0.1) is 0 Å². The summed E-state index contributed by atoms with van der Waals surface area (Å²) in [6, 6.07) is 9.81. The van der Waals surface area contributed by atoms with Gasteiger partial charge < -0.3 is 37.1 Å². The first-order chi connectivity index (χ1) is 14.7. The number of carboxylic acid groups (broad SMARTS) is 1. The van der Waals surface area contributed by atoms with Crippen LogP contribution in [0, 0.1) is 5.82 Å². The van der Waals surface area contributed by atoms with Crippen LogP contribution in [0.25, 0.3) is 5.70 Å². The van der Waals surface area contributed by atoms with Gasteiger partial charge in [0.15, 0.2) is 0 Å². The highest BCUT2D eigenvalue weighted by Crippen LogP contribution is 2.30. The van der Waals surface area contributed by atoms with Crippen molar-refractivity contribution in [1.29, 1.82) is 0 Å². The molecule has 2 aromatic carbocycles. The Kier molecular flexibility index (Phi) is 6.36. The van der Waals surface area contributed by atoms with Crippen molar-refractivity contribution < 1.29 is 24.1 Å². The highest BCUT2D eigenvalue weighted by Gasteiger charge is 2.29. The third kappa shape index (κ3) is 4.89. The van der Waals surface area contributed by atoms with Crippen LogP contribution in [0.5, 0.6) is 5.75 Å². The molecule has 8 N–H and O–H groups in total. The summed E-state index contributed by atoms with van der Waals surface area (Å²) in [5.74, 6) is -1.71. The van der Waals surface area contributed by atoms with Crippen molar-refractivity contribution in [2.75, 3.05) is 13.2 Å². The van der Waals surface area contributed by atoms with Crippen LogP contribution >= 0.6 is 0 Å². The average Bonchev–Trinajstić information content (AvgIpc) is 2.74. The van der Waals surface area contributed by atoms with Crippen LogP contribution in [0.4, 0.5) is 4.39 Å². The van der Waals surface area contributed by atoms with E-state index in [2.05, 4.69) is 0 Å². The summed E-state index contributed by atoms with van der Waals surface area (Å²) in [6.07, 6.45) is 1.14. The maximum absolute atomic E-state index is 13.6. The van der Waals surface area contributed by atoms with E-state index in [-0.39, 0.29) is 40.5 Å². The van der Waals surface area contributed by atoms with Crippen molar-refractivity contribution >= 4 is 11.7 Å². The van der Waals surface area contributed by atoms with Gasteiger partial charge in [-0.2, -0.15) is 0 Å². The summed E-state index contributed by atoms with van der Waals surface area (Å²) in [5, 5.41) is 19.1. The number of phenolic OH excluding ortho intramolecular Hbond substituents is 1. The summed E-state index contributed by atoms with van der Waals surface area (Å²) in [7, 11) is 0. The molecule has 2 aromatic rings. The Morgan fingerprint density at radius 2 is 1.87 bits per heavy atom. The van der Waals surface area contributed by atoms with Gasteiger partial charge in [0.25, 0.3) is 0 Å². The van der Waals surface area contributed by atoms with Crippen LogP contribution in [0.1, 0.15) is 34.5 Å². The number of benzene rings is 2. The fourth-order valence-electron chi connectivity index (χ4n) is 3.43. The Bertz CT molecular complexity index is 1030. The van der Waals surface area contributed by atoms with Gasteiger partial charge in [0.1, 0.15) is 23.5 Å². The minimum atomic E-state index is -1.01. The minimum Gasteiger partial charge on any atom is -0.507 e. The number of carboxylic acids is 1. The van der Waals surface area contributed by atoms with E-state index in [1.807, 2.05) is 11.8 Å². The molecule has 1 fully saturated rings. The number of allylic oxidation sites excluding steroid dienone is 1. The largest absolute Gasteiger partial charge is 0.507 e.